The molecule has 1 unspecified atom stereocenters. The molecule has 2 rings (SSSR count). The molecule has 0 heterocycles. The van der Waals surface area contributed by atoms with Crippen molar-refractivity contribution in [2.75, 3.05) is 4.83 Å². The van der Waals surface area contributed by atoms with Crippen molar-refractivity contribution in [1.82, 2.24) is 0 Å². The molecule has 2 aromatic carbocycles. The Balaban J connectivity index is 2.16. The zero-order chi connectivity index (χ0) is 11.2. The van der Waals surface area contributed by atoms with Crippen LogP contribution in [-0.2, 0) is 4.57 Å². The zero-order valence-electron chi connectivity index (χ0n) is 8.54. The molecule has 4 heteroatoms. The smallest absolute Gasteiger partial charge is 0.339 e. The van der Waals surface area contributed by atoms with Gasteiger partial charge < -0.3 is 4.84 Å². The van der Waals surface area contributed by atoms with Gasteiger partial charge in [0.2, 0.25) is 0 Å². The molecule has 0 aromatic heterocycles. The second-order valence-electron chi connectivity index (χ2n) is 3.13. The second-order valence-corrected chi connectivity index (χ2v) is 3.71. The summed E-state index contributed by atoms with van der Waals surface area (Å²) in [5.74, 6) is 0.662. The maximum atomic E-state index is 11.1. The highest BCUT2D eigenvalue weighted by molar-refractivity contribution is 7.25. The Labute approximate surface area is 95.5 Å². The SMILES string of the molecule is O=[PH+]N(Oc1ccccc1)c1ccccc1. The first-order valence-corrected chi connectivity index (χ1v) is 5.71. The van der Waals surface area contributed by atoms with Gasteiger partial charge in [-0.1, -0.05) is 36.4 Å². The minimum atomic E-state index is -0.687. The van der Waals surface area contributed by atoms with Crippen LogP contribution in [0.1, 0.15) is 0 Å². The van der Waals surface area contributed by atoms with Crippen LogP contribution in [0, 0.1) is 0 Å². The van der Waals surface area contributed by atoms with Crippen LogP contribution in [-0.4, -0.2) is 0 Å². The van der Waals surface area contributed by atoms with Gasteiger partial charge in [0.15, 0.2) is 5.75 Å². The van der Waals surface area contributed by atoms with Gasteiger partial charge in [-0.25, -0.2) is 0 Å². The molecule has 3 nitrogen and oxygen atoms in total. The molecule has 0 saturated carbocycles. The van der Waals surface area contributed by atoms with Gasteiger partial charge >= 0.3 is 8.61 Å². The maximum Gasteiger partial charge on any atom is 0.483 e. The van der Waals surface area contributed by atoms with Crippen LogP contribution in [0.25, 0.3) is 0 Å². The summed E-state index contributed by atoms with van der Waals surface area (Å²) >= 11 is 0. The summed E-state index contributed by atoms with van der Waals surface area (Å²) in [5.41, 5.74) is 0.764. The van der Waals surface area contributed by atoms with Crippen LogP contribution in [0.3, 0.4) is 0 Å². The molecule has 16 heavy (non-hydrogen) atoms. The van der Waals surface area contributed by atoms with E-state index in [1.807, 2.05) is 60.7 Å². The molecule has 0 aliphatic carbocycles. The lowest BCUT2D eigenvalue weighted by Gasteiger charge is -2.09. The van der Waals surface area contributed by atoms with Crippen LogP contribution >= 0.6 is 8.61 Å². The number of hydrogen-bond donors (Lipinski definition) is 0. The highest BCUT2D eigenvalue weighted by Gasteiger charge is 2.14. The Morgan fingerprint density at radius 1 is 0.875 bits per heavy atom. The maximum absolute atomic E-state index is 11.1. The molecule has 0 radical (unpaired) electrons. The first-order valence-electron chi connectivity index (χ1n) is 4.86. The number of benzene rings is 2. The van der Waals surface area contributed by atoms with Gasteiger partial charge in [-0.15, -0.1) is 0 Å². The van der Waals surface area contributed by atoms with E-state index in [2.05, 4.69) is 0 Å². The summed E-state index contributed by atoms with van der Waals surface area (Å²) in [6.45, 7) is 0. The normalized spacial score (nSPS) is 10.0. The Bertz CT molecular complexity index is 447. The Morgan fingerprint density at radius 3 is 2.00 bits per heavy atom. The number of rotatable bonds is 4. The highest BCUT2D eigenvalue weighted by Crippen LogP contribution is 2.23. The lowest BCUT2D eigenvalue weighted by Crippen LogP contribution is -2.15. The van der Waals surface area contributed by atoms with Crippen LogP contribution < -0.4 is 9.67 Å². The van der Waals surface area contributed by atoms with Crippen molar-refractivity contribution in [2.24, 2.45) is 0 Å². The van der Waals surface area contributed by atoms with Gasteiger partial charge in [0.1, 0.15) is 5.69 Å². The van der Waals surface area contributed by atoms with Crippen LogP contribution in [0.2, 0.25) is 0 Å². The number of para-hydroxylation sites is 2. The summed E-state index contributed by atoms with van der Waals surface area (Å²) in [6, 6.07) is 18.6. The van der Waals surface area contributed by atoms with E-state index >= 15 is 0 Å². The fourth-order valence-corrected chi connectivity index (χ4v) is 1.67. The van der Waals surface area contributed by atoms with Crippen molar-refractivity contribution in [1.29, 1.82) is 0 Å². The zero-order valence-corrected chi connectivity index (χ0v) is 9.54. The summed E-state index contributed by atoms with van der Waals surface area (Å²) in [5, 5.41) is 0. The molecule has 0 amide bonds. The van der Waals surface area contributed by atoms with E-state index in [-0.39, 0.29) is 0 Å². The van der Waals surface area contributed by atoms with Crippen molar-refractivity contribution < 1.29 is 9.40 Å². The van der Waals surface area contributed by atoms with Gasteiger partial charge in [-0.05, 0) is 28.8 Å². The largest absolute Gasteiger partial charge is 0.483 e. The van der Waals surface area contributed by atoms with E-state index in [1.54, 1.807) is 0 Å². The molecule has 0 spiro atoms. The van der Waals surface area contributed by atoms with E-state index < -0.39 is 8.61 Å². The Hall–Kier alpha value is -1.86. The quantitative estimate of drug-likeness (QED) is 0.597. The van der Waals surface area contributed by atoms with Crippen molar-refractivity contribution in [3.8, 4) is 5.75 Å². The van der Waals surface area contributed by atoms with Gasteiger partial charge in [-0.3, -0.25) is 0 Å². The van der Waals surface area contributed by atoms with Crippen LogP contribution in [0.4, 0.5) is 5.69 Å². The Kier molecular flexibility index (Phi) is 3.52. The van der Waals surface area contributed by atoms with Gasteiger partial charge in [-0.2, -0.15) is 0 Å². The lowest BCUT2D eigenvalue weighted by molar-refractivity contribution is 0.344. The molecule has 0 aliphatic rings. The summed E-state index contributed by atoms with van der Waals surface area (Å²) in [6.07, 6.45) is 0. The molecule has 0 bridgehead atoms. The van der Waals surface area contributed by atoms with E-state index in [0.29, 0.717) is 5.75 Å². The molecular formula is C12H11NO2P+. The third kappa shape index (κ3) is 2.59. The standard InChI is InChI=1S/C12H10NO2P/c14-16-13(11-7-3-1-4-8-11)15-12-9-5-2-6-10-12/h1-10H/p+1. The third-order valence-corrected chi connectivity index (χ3v) is 2.53. The minimum Gasteiger partial charge on any atom is -0.339 e. The average Bonchev–Trinajstić information content (AvgIpc) is 2.38. The minimum absolute atomic E-state index is 0.662. The first kappa shape index (κ1) is 10.7. The Morgan fingerprint density at radius 2 is 1.44 bits per heavy atom. The van der Waals surface area contributed by atoms with Crippen LogP contribution in [0.5, 0.6) is 5.75 Å². The molecule has 0 fully saturated rings. The fourth-order valence-electron chi connectivity index (χ4n) is 1.27. The monoisotopic (exact) mass is 232 g/mol. The molecule has 2 aromatic rings. The van der Waals surface area contributed by atoms with E-state index in [0.717, 1.165) is 5.69 Å². The first-order chi connectivity index (χ1) is 7.90. The predicted octanol–water partition coefficient (Wildman–Crippen LogP) is 3.43. The van der Waals surface area contributed by atoms with E-state index in [4.69, 9.17) is 4.84 Å². The number of nitrogens with zero attached hydrogens (tertiary/aromatic N) is 1. The molecule has 0 aliphatic heterocycles. The van der Waals surface area contributed by atoms with E-state index in [1.165, 1.54) is 4.83 Å². The summed E-state index contributed by atoms with van der Waals surface area (Å²) in [4.78, 5) is 6.83. The molecular weight excluding hydrogens is 221 g/mol. The van der Waals surface area contributed by atoms with Crippen molar-refractivity contribution in [3.63, 3.8) is 0 Å². The topological polar surface area (TPSA) is 29.5 Å². The highest BCUT2D eigenvalue weighted by atomic mass is 31.1. The average molecular weight is 232 g/mol. The van der Waals surface area contributed by atoms with E-state index in [9.17, 15) is 4.57 Å². The number of hydrogen-bond acceptors (Lipinski definition) is 2. The predicted molar refractivity (Wildman–Crippen MR) is 65.0 cm³/mol. The summed E-state index contributed by atoms with van der Waals surface area (Å²) < 4.78 is 11.1. The molecule has 1 atom stereocenters. The lowest BCUT2D eigenvalue weighted by atomic mass is 10.3. The number of anilines is 1. The van der Waals surface area contributed by atoms with Crippen LogP contribution in [0.15, 0.2) is 60.7 Å². The van der Waals surface area contributed by atoms with Crippen molar-refractivity contribution in [3.05, 3.63) is 60.7 Å². The molecule has 0 saturated heterocycles. The molecule has 80 valence electrons. The summed E-state index contributed by atoms with van der Waals surface area (Å²) in [7, 11) is -0.687. The van der Waals surface area contributed by atoms with Gasteiger partial charge in [0.05, 0.1) is 0 Å². The fraction of sp³-hybridized carbons (Fsp3) is 0. The van der Waals surface area contributed by atoms with Crippen molar-refractivity contribution in [2.45, 2.75) is 0 Å². The van der Waals surface area contributed by atoms with Gasteiger partial charge in [0, 0.05) is 4.83 Å². The van der Waals surface area contributed by atoms with Crippen molar-refractivity contribution >= 4 is 14.3 Å². The molecule has 0 N–H and O–H groups in total. The second kappa shape index (κ2) is 5.29. The van der Waals surface area contributed by atoms with Gasteiger partial charge in [0.25, 0.3) is 0 Å². The third-order valence-electron chi connectivity index (χ3n) is 2.01.